The second-order valence-electron chi connectivity index (χ2n) is 8.14. The number of hydrogen-bond acceptors (Lipinski definition) is 5. The van der Waals surface area contributed by atoms with Crippen LogP contribution < -0.4 is 5.32 Å². The Morgan fingerprint density at radius 1 is 1.00 bits per heavy atom. The molecule has 1 aromatic carbocycles. The Bertz CT molecular complexity index is 807. The summed E-state index contributed by atoms with van der Waals surface area (Å²) in [5.41, 5.74) is 5.52. The Labute approximate surface area is 185 Å². The molecule has 1 aliphatic heterocycles. The monoisotopic (exact) mass is 426 g/mol. The summed E-state index contributed by atoms with van der Waals surface area (Å²) in [4.78, 5) is 23.9. The van der Waals surface area contributed by atoms with E-state index >= 15 is 0 Å². The van der Waals surface area contributed by atoms with Crippen LogP contribution in [-0.4, -0.2) is 40.1 Å². The van der Waals surface area contributed by atoms with Crippen molar-refractivity contribution in [1.82, 2.24) is 20.2 Å². The maximum absolute atomic E-state index is 12.3. The van der Waals surface area contributed by atoms with Crippen LogP contribution in [-0.2, 0) is 24.3 Å². The van der Waals surface area contributed by atoms with Gasteiger partial charge in [-0.3, -0.25) is 9.69 Å². The molecule has 5 nitrogen and oxygen atoms in total. The van der Waals surface area contributed by atoms with Crippen molar-refractivity contribution in [2.75, 3.05) is 19.3 Å². The summed E-state index contributed by atoms with van der Waals surface area (Å²) >= 11 is 1.54. The van der Waals surface area contributed by atoms with E-state index in [1.807, 2.05) is 20.1 Å². The van der Waals surface area contributed by atoms with Crippen LogP contribution in [0.5, 0.6) is 0 Å². The minimum Gasteiger partial charge on any atom is -0.352 e. The maximum atomic E-state index is 12.3. The molecule has 2 aromatic rings. The molecule has 1 fully saturated rings. The standard InChI is InChI=1S/C24H34N4OS/c1-18-22(19(2)27-24(26-18)30-3)12-13-23(29)25-16-20-8-10-21(11-9-20)17-28-14-6-4-5-7-15-28/h8-11H,4-7,12-17H2,1-3H3,(H,25,29). The summed E-state index contributed by atoms with van der Waals surface area (Å²) < 4.78 is 0. The van der Waals surface area contributed by atoms with E-state index in [4.69, 9.17) is 0 Å². The van der Waals surface area contributed by atoms with Crippen LogP contribution in [0.15, 0.2) is 29.4 Å². The molecule has 30 heavy (non-hydrogen) atoms. The lowest BCUT2D eigenvalue weighted by Crippen LogP contribution is -2.24. The second-order valence-corrected chi connectivity index (χ2v) is 8.92. The lowest BCUT2D eigenvalue weighted by Gasteiger charge is -2.19. The molecule has 0 saturated carbocycles. The van der Waals surface area contributed by atoms with Gasteiger partial charge in [-0.15, -0.1) is 0 Å². The van der Waals surface area contributed by atoms with Crippen molar-refractivity contribution in [3.05, 3.63) is 52.3 Å². The van der Waals surface area contributed by atoms with Gasteiger partial charge in [0.25, 0.3) is 0 Å². The fraction of sp³-hybridized carbons (Fsp3) is 0.542. The number of aryl methyl sites for hydroxylation is 2. The lowest BCUT2D eigenvalue weighted by atomic mass is 10.1. The molecule has 1 N–H and O–H groups in total. The summed E-state index contributed by atoms with van der Waals surface area (Å²) in [5, 5.41) is 3.83. The van der Waals surface area contributed by atoms with Gasteiger partial charge in [-0.25, -0.2) is 9.97 Å². The van der Waals surface area contributed by atoms with E-state index < -0.39 is 0 Å². The number of nitrogens with one attached hydrogen (secondary N) is 1. The van der Waals surface area contributed by atoms with Gasteiger partial charge in [0.2, 0.25) is 5.91 Å². The van der Waals surface area contributed by atoms with Gasteiger partial charge in [0, 0.05) is 30.9 Å². The third kappa shape index (κ3) is 6.81. The number of carbonyl (C=O) groups is 1. The number of hydrogen-bond donors (Lipinski definition) is 1. The van der Waals surface area contributed by atoms with E-state index in [1.165, 1.54) is 44.3 Å². The molecule has 2 heterocycles. The van der Waals surface area contributed by atoms with E-state index in [1.54, 1.807) is 11.8 Å². The summed E-state index contributed by atoms with van der Waals surface area (Å²) in [6.45, 7) is 8.01. The van der Waals surface area contributed by atoms with Crippen molar-refractivity contribution in [3.8, 4) is 0 Å². The van der Waals surface area contributed by atoms with Gasteiger partial charge >= 0.3 is 0 Å². The Balaban J connectivity index is 1.44. The Hall–Kier alpha value is -1.92. The number of benzene rings is 1. The zero-order chi connectivity index (χ0) is 21.3. The number of thioether (sulfide) groups is 1. The van der Waals surface area contributed by atoms with E-state index in [9.17, 15) is 4.79 Å². The molecule has 0 unspecified atom stereocenters. The number of nitrogens with zero attached hydrogens (tertiary/aromatic N) is 3. The van der Waals surface area contributed by atoms with Gasteiger partial charge in [0.1, 0.15) is 0 Å². The molecule has 1 aromatic heterocycles. The van der Waals surface area contributed by atoms with Gasteiger partial charge in [-0.05, 0) is 69.1 Å². The summed E-state index contributed by atoms with van der Waals surface area (Å²) in [7, 11) is 0. The number of carbonyl (C=O) groups excluding carboxylic acids is 1. The lowest BCUT2D eigenvalue weighted by molar-refractivity contribution is -0.121. The minimum absolute atomic E-state index is 0.0661. The highest BCUT2D eigenvalue weighted by Gasteiger charge is 2.11. The van der Waals surface area contributed by atoms with Crippen LogP contribution in [0.1, 0.15) is 60.2 Å². The number of rotatable bonds is 8. The molecule has 0 radical (unpaired) electrons. The van der Waals surface area contributed by atoms with Crippen molar-refractivity contribution in [3.63, 3.8) is 0 Å². The van der Waals surface area contributed by atoms with E-state index in [-0.39, 0.29) is 5.91 Å². The minimum atomic E-state index is 0.0661. The molecule has 0 bridgehead atoms. The van der Waals surface area contributed by atoms with Crippen molar-refractivity contribution in [2.24, 2.45) is 0 Å². The van der Waals surface area contributed by atoms with E-state index in [2.05, 4.69) is 44.5 Å². The van der Waals surface area contributed by atoms with Crippen LogP contribution in [0.2, 0.25) is 0 Å². The molecule has 162 valence electrons. The van der Waals surface area contributed by atoms with Gasteiger partial charge in [-0.2, -0.15) is 0 Å². The molecular weight excluding hydrogens is 392 g/mol. The van der Waals surface area contributed by atoms with E-state index in [0.717, 1.165) is 34.2 Å². The molecule has 3 rings (SSSR count). The summed E-state index contributed by atoms with van der Waals surface area (Å²) in [5.74, 6) is 0.0661. The first-order chi connectivity index (χ1) is 14.5. The van der Waals surface area contributed by atoms with Crippen molar-refractivity contribution in [2.45, 2.75) is 70.6 Å². The third-order valence-electron chi connectivity index (χ3n) is 5.80. The molecule has 0 aliphatic carbocycles. The molecule has 1 amide bonds. The predicted molar refractivity (Wildman–Crippen MR) is 124 cm³/mol. The highest BCUT2D eigenvalue weighted by atomic mass is 32.2. The first-order valence-electron chi connectivity index (χ1n) is 11.0. The summed E-state index contributed by atoms with van der Waals surface area (Å²) in [6.07, 6.45) is 8.47. The topological polar surface area (TPSA) is 58.1 Å². The Kier molecular flexibility index (Phi) is 8.70. The van der Waals surface area contributed by atoms with Gasteiger partial charge in [0.05, 0.1) is 0 Å². The first-order valence-corrected chi connectivity index (χ1v) is 12.2. The van der Waals surface area contributed by atoms with Crippen LogP contribution in [0.3, 0.4) is 0 Å². The SMILES string of the molecule is CSc1nc(C)c(CCC(=O)NCc2ccc(CN3CCCCCC3)cc2)c(C)n1. The van der Waals surface area contributed by atoms with Crippen LogP contribution >= 0.6 is 11.8 Å². The summed E-state index contributed by atoms with van der Waals surface area (Å²) in [6, 6.07) is 8.67. The average molecular weight is 427 g/mol. The van der Waals surface area contributed by atoms with Gasteiger partial charge in [-0.1, -0.05) is 48.9 Å². The molecule has 0 atom stereocenters. The van der Waals surface area contributed by atoms with Crippen molar-refractivity contribution >= 4 is 17.7 Å². The normalized spacial score (nSPS) is 15.0. The zero-order valence-corrected chi connectivity index (χ0v) is 19.4. The molecule has 1 aliphatic rings. The molecular formula is C24H34N4OS. The first kappa shape index (κ1) is 22.8. The van der Waals surface area contributed by atoms with Crippen LogP contribution in [0, 0.1) is 13.8 Å². The van der Waals surface area contributed by atoms with Crippen molar-refractivity contribution < 1.29 is 4.79 Å². The largest absolute Gasteiger partial charge is 0.352 e. The second kappa shape index (κ2) is 11.5. The Morgan fingerprint density at radius 3 is 2.20 bits per heavy atom. The highest BCUT2D eigenvalue weighted by molar-refractivity contribution is 7.98. The number of amides is 1. The van der Waals surface area contributed by atoms with Gasteiger partial charge < -0.3 is 5.32 Å². The maximum Gasteiger partial charge on any atom is 0.220 e. The quantitative estimate of drug-likeness (QED) is 0.499. The highest BCUT2D eigenvalue weighted by Crippen LogP contribution is 2.17. The fourth-order valence-electron chi connectivity index (χ4n) is 4.00. The van der Waals surface area contributed by atoms with Crippen molar-refractivity contribution in [1.29, 1.82) is 0 Å². The van der Waals surface area contributed by atoms with Gasteiger partial charge in [0.15, 0.2) is 5.16 Å². The van der Waals surface area contributed by atoms with Crippen LogP contribution in [0.25, 0.3) is 0 Å². The number of likely N-dealkylation sites (tertiary alicyclic amines) is 1. The van der Waals surface area contributed by atoms with Crippen LogP contribution in [0.4, 0.5) is 0 Å². The fourth-order valence-corrected chi connectivity index (χ4v) is 4.46. The molecule has 1 saturated heterocycles. The third-order valence-corrected chi connectivity index (χ3v) is 6.35. The number of aromatic nitrogens is 2. The average Bonchev–Trinajstić information content (AvgIpc) is 3.01. The molecule has 0 spiro atoms. The smallest absolute Gasteiger partial charge is 0.220 e. The zero-order valence-electron chi connectivity index (χ0n) is 18.5. The predicted octanol–water partition coefficient (Wildman–Crippen LogP) is 4.44. The van der Waals surface area contributed by atoms with E-state index in [0.29, 0.717) is 19.4 Å². The Morgan fingerprint density at radius 2 is 1.60 bits per heavy atom. The molecule has 6 heteroatoms.